The lowest BCUT2D eigenvalue weighted by Crippen LogP contribution is -2.27. The number of anilines is 1. The van der Waals surface area contributed by atoms with Crippen LogP contribution in [-0.2, 0) is 14.3 Å². The smallest absolute Gasteiger partial charge is 0.311 e. The number of methoxy groups -OCH3 is 1. The molecule has 6 nitrogen and oxygen atoms in total. The van der Waals surface area contributed by atoms with Gasteiger partial charge >= 0.3 is 5.97 Å². The lowest BCUT2D eigenvalue weighted by molar-refractivity contribution is -0.145. The number of hydrogen-bond acceptors (Lipinski definition) is 5. The second-order valence-corrected chi connectivity index (χ2v) is 4.22. The minimum Gasteiger partial charge on any atom is -0.504 e. The fourth-order valence-corrected chi connectivity index (χ4v) is 1.97. The summed E-state index contributed by atoms with van der Waals surface area (Å²) in [6, 6.07) is 3.13. The summed E-state index contributed by atoms with van der Waals surface area (Å²) in [5, 5.41) is 9.72. The Bertz CT molecular complexity index is 501. The van der Waals surface area contributed by atoms with Crippen molar-refractivity contribution in [2.24, 2.45) is 5.92 Å². The van der Waals surface area contributed by atoms with E-state index in [1.807, 2.05) is 0 Å². The van der Waals surface area contributed by atoms with Gasteiger partial charge in [0, 0.05) is 18.7 Å². The molecule has 0 aromatic carbocycles. The number of aryl methyl sites for hydroxylation is 1. The largest absolute Gasteiger partial charge is 0.504 e. The molecule has 0 spiro atoms. The van der Waals surface area contributed by atoms with Gasteiger partial charge < -0.3 is 9.84 Å². The van der Waals surface area contributed by atoms with E-state index in [2.05, 4.69) is 9.72 Å². The minimum atomic E-state index is -0.496. The molecule has 2 rings (SSSR count). The highest BCUT2D eigenvalue weighted by atomic mass is 16.5. The molecule has 1 amide bonds. The maximum absolute atomic E-state index is 11.8. The predicted molar refractivity (Wildman–Crippen MR) is 63.1 cm³/mol. The standard InChI is InChI=1S/C12H14N2O4/c1-7-3-4-9(15)11(13-7)14-6-8(5-10(14)16)12(17)18-2/h3-4,8,15H,5-6H2,1-2H3. The van der Waals surface area contributed by atoms with Crippen LogP contribution in [-0.4, -0.2) is 35.6 Å². The molecule has 0 aliphatic carbocycles. The average Bonchev–Trinajstić information content (AvgIpc) is 2.73. The van der Waals surface area contributed by atoms with Crippen LogP contribution >= 0.6 is 0 Å². The number of pyridine rings is 1. The lowest BCUT2D eigenvalue weighted by atomic mass is 10.1. The highest BCUT2D eigenvalue weighted by Crippen LogP contribution is 2.30. The molecule has 1 aromatic heterocycles. The summed E-state index contributed by atoms with van der Waals surface area (Å²) in [6.45, 7) is 1.96. The van der Waals surface area contributed by atoms with Crippen molar-refractivity contribution >= 4 is 17.7 Å². The normalized spacial score (nSPS) is 19.1. The van der Waals surface area contributed by atoms with Gasteiger partial charge in [-0.3, -0.25) is 14.5 Å². The predicted octanol–water partition coefficient (Wildman–Crippen LogP) is 0.622. The molecular formula is C12H14N2O4. The van der Waals surface area contributed by atoms with Gasteiger partial charge in [0.15, 0.2) is 11.6 Å². The maximum atomic E-state index is 11.8. The number of esters is 1. The summed E-state index contributed by atoms with van der Waals surface area (Å²) >= 11 is 0. The van der Waals surface area contributed by atoms with Gasteiger partial charge in [0.05, 0.1) is 13.0 Å². The Balaban J connectivity index is 2.27. The molecule has 0 saturated carbocycles. The van der Waals surface area contributed by atoms with E-state index in [0.717, 1.165) is 0 Å². The van der Waals surface area contributed by atoms with Crippen molar-refractivity contribution in [2.75, 3.05) is 18.6 Å². The lowest BCUT2D eigenvalue weighted by Gasteiger charge is -2.16. The van der Waals surface area contributed by atoms with Crippen LogP contribution in [0.1, 0.15) is 12.1 Å². The topological polar surface area (TPSA) is 79.7 Å². The van der Waals surface area contributed by atoms with E-state index in [0.29, 0.717) is 5.69 Å². The van der Waals surface area contributed by atoms with Crippen LogP contribution in [0.3, 0.4) is 0 Å². The maximum Gasteiger partial charge on any atom is 0.311 e. The summed E-state index contributed by atoms with van der Waals surface area (Å²) in [6.07, 6.45) is 0.0851. The highest BCUT2D eigenvalue weighted by Gasteiger charge is 2.37. The van der Waals surface area contributed by atoms with Gasteiger partial charge in [0.25, 0.3) is 0 Å². The molecule has 6 heteroatoms. The van der Waals surface area contributed by atoms with Gasteiger partial charge in [-0.2, -0.15) is 0 Å². The number of carbonyl (C=O) groups is 2. The first-order valence-electron chi connectivity index (χ1n) is 5.57. The first-order valence-corrected chi connectivity index (χ1v) is 5.57. The first-order chi connectivity index (χ1) is 8.52. The van der Waals surface area contributed by atoms with Crippen LogP contribution in [0.2, 0.25) is 0 Å². The Labute approximate surface area is 104 Å². The number of aromatic nitrogens is 1. The molecule has 2 heterocycles. The summed E-state index contributed by atoms with van der Waals surface area (Å²) in [7, 11) is 1.29. The molecule has 1 saturated heterocycles. The Kier molecular flexibility index (Phi) is 3.18. The van der Waals surface area contributed by atoms with Crippen LogP contribution in [0, 0.1) is 12.8 Å². The molecule has 1 atom stereocenters. The van der Waals surface area contributed by atoms with E-state index in [1.54, 1.807) is 13.0 Å². The highest BCUT2D eigenvalue weighted by molar-refractivity contribution is 5.99. The van der Waals surface area contributed by atoms with Gasteiger partial charge in [-0.05, 0) is 19.1 Å². The third-order valence-electron chi connectivity index (χ3n) is 2.91. The third kappa shape index (κ3) is 2.13. The third-order valence-corrected chi connectivity index (χ3v) is 2.91. The van der Waals surface area contributed by atoms with Crippen molar-refractivity contribution in [1.29, 1.82) is 0 Å². The molecule has 1 aromatic rings. The number of amides is 1. The molecule has 1 unspecified atom stereocenters. The minimum absolute atomic E-state index is 0.0699. The summed E-state index contributed by atoms with van der Waals surface area (Å²) < 4.78 is 4.62. The fraction of sp³-hybridized carbons (Fsp3) is 0.417. The first kappa shape index (κ1) is 12.3. The van der Waals surface area contributed by atoms with E-state index in [9.17, 15) is 14.7 Å². The molecule has 18 heavy (non-hydrogen) atoms. The van der Waals surface area contributed by atoms with E-state index in [4.69, 9.17) is 0 Å². The molecule has 0 bridgehead atoms. The second-order valence-electron chi connectivity index (χ2n) is 4.22. The number of aromatic hydroxyl groups is 1. The summed E-state index contributed by atoms with van der Waals surface area (Å²) in [5.74, 6) is -1.02. The SMILES string of the molecule is COC(=O)C1CC(=O)N(c2nc(C)ccc2O)C1. The van der Waals surface area contributed by atoms with Crippen molar-refractivity contribution in [1.82, 2.24) is 4.98 Å². The van der Waals surface area contributed by atoms with Crippen LogP contribution in [0.25, 0.3) is 0 Å². The van der Waals surface area contributed by atoms with E-state index in [1.165, 1.54) is 18.1 Å². The van der Waals surface area contributed by atoms with Gasteiger partial charge in [-0.15, -0.1) is 0 Å². The Hall–Kier alpha value is -2.11. The second kappa shape index (κ2) is 4.64. The monoisotopic (exact) mass is 250 g/mol. The average molecular weight is 250 g/mol. The zero-order chi connectivity index (χ0) is 13.3. The van der Waals surface area contributed by atoms with Gasteiger partial charge in [0.2, 0.25) is 5.91 Å². The molecule has 1 aliphatic rings. The summed E-state index contributed by atoms with van der Waals surface area (Å²) in [5.41, 5.74) is 0.692. The molecular weight excluding hydrogens is 236 g/mol. The van der Waals surface area contributed by atoms with Gasteiger partial charge in [-0.25, -0.2) is 4.98 Å². The molecule has 1 aliphatic heterocycles. The molecule has 96 valence electrons. The van der Waals surface area contributed by atoms with E-state index < -0.39 is 11.9 Å². The zero-order valence-corrected chi connectivity index (χ0v) is 10.2. The van der Waals surface area contributed by atoms with E-state index >= 15 is 0 Å². The Morgan fingerprint density at radius 1 is 1.56 bits per heavy atom. The molecule has 0 radical (unpaired) electrons. The van der Waals surface area contributed by atoms with Crippen LogP contribution in [0.5, 0.6) is 5.75 Å². The quantitative estimate of drug-likeness (QED) is 0.778. The van der Waals surface area contributed by atoms with Crippen LogP contribution in [0.4, 0.5) is 5.82 Å². The number of hydrogen-bond donors (Lipinski definition) is 1. The van der Waals surface area contributed by atoms with Crippen LogP contribution in [0.15, 0.2) is 12.1 Å². The van der Waals surface area contributed by atoms with Crippen molar-refractivity contribution in [3.8, 4) is 5.75 Å². The van der Waals surface area contributed by atoms with Crippen molar-refractivity contribution in [3.63, 3.8) is 0 Å². The molecule has 1 fully saturated rings. The number of ether oxygens (including phenoxy) is 1. The number of rotatable bonds is 2. The Morgan fingerprint density at radius 2 is 2.28 bits per heavy atom. The van der Waals surface area contributed by atoms with E-state index in [-0.39, 0.29) is 30.4 Å². The van der Waals surface area contributed by atoms with Crippen LogP contribution < -0.4 is 4.90 Å². The summed E-state index contributed by atoms with van der Waals surface area (Å²) in [4.78, 5) is 28.7. The number of carbonyl (C=O) groups excluding carboxylic acids is 2. The van der Waals surface area contributed by atoms with Crippen molar-refractivity contribution < 1.29 is 19.4 Å². The molecule has 1 N–H and O–H groups in total. The zero-order valence-electron chi connectivity index (χ0n) is 10.2. The van der Waals surface area contributed by atoms with Gasteiger partial charge in [0.1, 0.15) is 0 Å². The van der Waals surface area contributed by atoms with Crippen molar-refractivity contribution in [3.05, 3.63) is 17.8 Å². The van der Waals surface area contributed by atoms with Crippen molar-refractivity contribution in [2.45, 2.75) is 13.3 Å². The van der Waals surface area contributed by atoms with Gasteiger partial charge in [-0.1, -0.05) is 0 Å². The fourth-order valence-electron chi connectivity index (χ4n) is 1.97. The number of nitrogens with zero attached hydrogens (tertiary/aromatic N) is 2. The Morgan fingerprint density at radius 3 is 2.94 bits per heavy atom.